The second-order valence-electron chi connectivity index (χ2n) is 7.41. The highest BCUT2D eigenvalue weighted by Gasteiger charge is 2.30. The van der Waals surface area contributed by atoms with Gasteiger partial charge in [0.05, 0.1) is 13.1 Å². The molecule has 27 heavy (non-hydrogen) atoms. The van der Waals surface area contributed by atoms with Crippen molar-refractivity contribution in [2.24, 2.45) is 0 Å². The fourth-order valence-corrected chi connectivity index (χ4v) is 3.77. The summed E-state index contributed by atoms with van der Waals surface area (Å²) in [5.41, 5.74) is 2.63. The maximum Gasteiger partial charge on any atom is 0.203 e. The van der Waals surface area contributed by atoms with Crippen LogP contribution in [0.15, 0.2) is 60.7 Å². The van der Waals surface area contributed by atoms with E-state index in [0.717, 1.165) is 31.1 Å². The number of hydrogen-bond acceptors (Lipinski definition) is 2. The molecule has 1 aliphatic carbocycles. The highest BCUT2D eigenvalue weighted by Crippen LogP contribution is 2.39. The van der Waals surface area contributed by atoms with Crippen LogP contribution in [0.1, 0.15) is 42.6 Å². The number of rotatable bonds is 8. The summed E-state index contributed by atoms with van der Waals surface area (Å²) in [6.07, 6.45) is 2.46. The lowest BCUT2D eigenvalue weighted by Gasteiger charge is -2.17. The summed E-state index contributed by atoms with van der Waals surface area (Å²) < 4.78 is 5.14. The highest BCUT2D eigenvalue weighted by molar-refractivity contribution is 7.71. The van der Waals surface area contributed by atoms with Crippen LogP contribution in [0.5, 0.6) is 0 Å². The fourth-order valence-electron chi connectivity index (χ4n) is 3.51. The van der Waals surface area contributed by atoms with Gasteiger partial charge in [0.15, 0.2) is 6.67 Å². The molecule has 1 aliphatic rings. The van der Waals surface area contributed by atoms with E-state index in [0.29, 0.717) is 5.92 Å². The van der Waals surface area contributed by atoms with Gasteiger partial charge in [0.2, 0.25) is 4.77 Å². The maximum atomic E-state index is 5.84. The molecule has 0 spiro atoms. The van der Waals surface area contributed by atoms with Gasteiger partial charge in [0.1, 0.15) is 12.4 Å². The topological polar surface area (TPSA) is 27.2 Å². The molecule has 140 valence electrons. The molecule has 0 amide bonds. The van der Waals surface area contributed by atoms with Crippen LogP contribution in [-0.2, 0) is 19.8 Å². The second-order valence-corrected chi connectivity index (χ2v) is 7.78. The lowest BCUT2D eigenvalue weighted by atomic mass is 10.2. The molecule has 3 aromatic rings. The van der Waals surface area contributed by atoms with Crippen LogP contribution in [-0.4, -0.2) is 20.9 Å². The van der Waals surface area contributed by atoms with E-state index in [4.69, 9.17) is 17.3 Å². The monoisotopic (exact) mass is 379 g/mol. The average molecular weight is 380 g/mol. The Labute approximate surface area is 166 Å². The summed E-state index contributed by atoms with van der Waals surface area (Å²) in [6, 6.07) is 21.2. The predicted molar refractivity (Wildman–Crippen MR) is 110 cm³/mol. The van der Waals surface area contributed by atoms with Crippen molar-refractivity contribution < 1.29 is 4.90 Å². The van der Waals surface area contributed by atoms with Gasteiger partial charge in [-0.3, -0.25) is 4.57 Å². The molecule has 5 heteroatoms. The molecule has 4 nitrogen and oxygen atoms in total. The maximum absolute atomic E-state index is 5.84. The second kappa shape index (κ2) is 8.19. The molecule has 1 aromatic heterocycles. The SMILES string of the molecule is CC[NH+](Cc1ccccc1)Cn1nc(C2CC2)n(Cc2ccccc2)c1=S. The van der Waals surface area contributed by atoms with Crippen molar-refractivity contribution in [2.45, 2.75) is 45.4 Å². The predicted octanol–water partition coefficient (Wildman–Crippen LogP) is 3.40. The summed E-state index contributed by atoms with van der Waals surface area (Å²) in [5.74, 6) is 1.75. The highest BCUT2D eigenvalue weighted by atomic mass is 32.1. The van der Waals surface area contributed by atoms with Gasteiger partial charge in [0.25, 0.3) is 0 Å². The van der Waals surface area contributed by atoms with Crippen LogP contribution < -0.4 is 4.90 Å². The zero-order chi connectivity index (χ0) is 18.6. The van der Waals surface area contributed by atoms with Gasteiger partial charge in [-0.25, -0.2) is 0 Å². The Morgan fingerprint density at radius 2 is 1.63 bits per heavy atom. The molecule has 1 fully saturated rings. The molecular weight excluding hydrogens is 352 g/mol. The average Bonchev–Trinajstić information content (AvgIpc) is 3.51. The van der Waals surface area contributed by atoms with Crippen molar-refractivity contribution >= 4 is 12.2 Å². The first kappa shape index (κ1) is 18.1. The van der Waals surface area contributed by atoms with Crippen molar-refractivity contribution in [3.05, 3.63) is 82.4 Å². The summed E-state index contributed by atoms with van der Waals surface area (Å²) in [6.45, 7) is 5.88. The van der Waals surface area contributed by atoms with Crippen LogP contribution >= 0.6 is 12.2 Å². The summed E-state index contributed by atoms with van der Waals surface area (Å²) in [4.78, 5) is 1.46. The van der Waals surface area contributed by atoms with Crippen molar-refractivity contribution in [1.29, 1.82) is 0 Å². The lowest BCUT2D eigenvalue weighted by molar-refractivity contribution is -0.935. The third kappa shape index (κ3) is 4.37. The van der Waals surface area contributed by atoms with Crippen molar-refractivity contribution in [3.8, 4) is 0 Å². The Kier molecular flexibility index (Phi) is 5.50. The molecule has 1 saturated carbocycles. The molecule has 1 heterocycles. The molecule has 0 bridgehead atoms. The standard InChI is InChI=1S/C22H26N4S/c1-2-24(15-18-9-5-3-6-10-18)17-26-22(27)25(21(23-26)20-13-14-20)16-19-11-7-4-8-12-19/h3-12,20H,2,13-17H2,1H3/p+1. The number of benzene rings is 2. The van der Waals surface area contributed by atoms with Crippen LogP contribution in [0.2, 0.25) is 0 Å². The summed E-state index contributed by atoms with van der Waals surface area (Å²) >= 11 is 5.84. The van der Waals surface area contributed by atoms with E-state index in [2.05, 4.69) is 72.2 Å². The molecule has 0 aliphatic heterocycles. The van der Waals surface area contributed by atoms with E-state index in [1.807, 2.05) is 4.68 Å². The fraction of sp³-hybridized carbons (Fsp3) is 0.364. The minimum absolute atomic E-state index is 0.580. The van der Waals surface area contributed by atoms with Gasteiger partial charge in [-0.15, -0.1) is 0 Å². The van der Waals surface area contributed by atoms with Crippen LogP contribution in [0.25, 0.3) is 0 Å². The normalized spacial score (nSPS) is 15.0. The third-order valence-electron chi connectivity index (χ3n) is 5.25. The van der Waals surface area contributed by atoms with Gasteiger partial charge in [-0.05, 0) is 37.5 Å². The van der Waals surface area contributed by atoms with Crippen molar-refractivity contribution in [1.82, 2.24) is 14.3 Å². The first-order valence-corrected chi connectivity index (χ1v) is 10.2. The van der Waals surface area contributed by atoms with Crippen LogP contribution in [0.3, 0.4) is 0 Å². The smallest absolute Gasteiger partial charge is 0.203 e. The first-order valence-electron chi connectivity index (χ1n) is 9.83. The molecular formula is C22H27N4S+. The van der Waals surface area contributed by atoms with Crippen LogP contribution in [0.4, 0.5) is 0 Å². The molecule has 1 atom stereocenters. The van der Waals surface area contributed by atoms with Crippen molar-refractivity contribution in [3.63, 3.8) is 0 Å². The first-order chi connectivity index (χ1) is 13.2. The largest absolute Gasteiger partial charge is 0.313 e. The van der Waals surface area contributed by atoms with E-state index in [1.165, 1.54) is 34.7 Å². The van der Waals surface area contributed by atoms with Gasteiger partial charge >= 0.3 is 0 Å². The Morgan fingerprint density at radius 3 is 2.22 bits per heavy atom. The van der Waals surface area contributed by atoms with Gasteiger partial charge in [-0.1, -0.05) is 60.7 Å². The number of nitrogens with zero attached hydrogens (tertiary/aromatic N) is 3. The lowest BCUT2D eigenvalue weighted by Crippen LogP contribution is -3.09. The zero-order valence-electron chi connectivity index (χ0n) is 15.8. The van der Waals surface area contributed by atoms with Gasteiger partial charge in [0, 0.05) is 11.5 Å². The van der Waals surface area contributed by atoms with E-state index >= 15 is 0 Å². The molecule has 4 rings (SSSR count). The molecule has 0 saturated heterocycles. The number of quaternary nitrogens is 1. The number of aromatic nitrogens is 3. The Hall–Kier alpha value is -2.24. The Balaban J connectivity index is 1.57. The van der Waals surface area contributed by atoms with Gasteiger partial charge in [-0.2, -0.15) is 9.78 Å². The minimum atomic E-state index is 0.580. The quantitative estimate of drug-likeness (QED) is 0.608. The third-order valence-corrected chi connectivity index (χ3v) is 5.68. The molecule has 0 radical (unpaired) electrons. The summed E-state index contributed by atoms with van der Waals surface area (Å²) in [5, 5.41) is 4.95. The number of nitrogens with one attached hydrogen (secondary N) is 1. The minimum Gasteiger partial charge on any atom is -0.313 e. The number of hydrogen-bond donors (Lipinski definition) is 1. The van der Waals surface area contributed by atoms with E-state index < -0.39 is 0 Å². The molecule has 1 unspecified atom stereocenters. The van der Waals surface area contributed by atoms with E-state index in [-0.39, 0.29) is 0 Å². The van der Waals surface area contributed by atoms with E-state index in [9.17, 15) is 0 Å². The Bertz CT molecular complexity index is 926. The Morgan fingerprint density at radius 1 is 1.00 bits per heavy atom. The summed E-state index contributed by atoms with van der Waals surface area (Å²) in [7, 11) is 0. The van der Waals surface area contributed by atoms with Crippen LogP contribution in [0, 0.1) is 4.77 Å². The zero-order valence-corrected chi connectivity index (χ0v) is 16.7. The van der Waals surface area contributed by atoms with Crippen molar-refractivity contribution in [2.75, 3.05) is 6.54 Å². The molecule has 2 aromatic carbocycles. The molecule has 1 N–H and O–H groups in total. The van der Waals surface area contributed by atoms with Gasteiger partial charge < -0.3 is 4.90 Å². The van der Waals surface area contributed by atoms with E-state index in [1.54, 1.807) is 0 Å².